The van der Waals surface area contributed by atoms with E-state index in [1.165, 1.54) is 61.7 Å². The summed E-state index contributed by atoms with van der Waals surface area (Å²) in [7, 11) is 1.51. The van der Waals surface area contributed by atoms with Crippen molar-refractivity contribution in [2.75, 3.05) is 13.7 Å². The summed E-state index contributed by atoms with van der Waals surface area (Å²) in [5, 5.41) is 0.798. The van der Waals surface area contributed by atoms with Crippen molar-refractivity contribution in [1.82, 2.24) is 0 Å². The molecule has 0 saturated carbocycles. The Morgan fingerprint density at radius 1 is 0.722 bits per heavy atom. The number of rotatable bonds is 8. The van der Waals surface area contributed by atoms with Gasteiger partial charge in [0.25, 0.3) is 0 Å². The summed E-state index contributed by atoms with van der Waals surface area (Å²) in [5.41, 5.74) is 1.74. The lowest BCUT2D eigenvalue weighted by Gasteiger charge is -2.12. The minimum Gasteiger partial charge on any atom is -0.406 e. The molecule has 2 nitrogen and oxygen atoms in total. The summed E-state index contributed by atoms with van der Waals surface area (Å²) in [6.07, 6.45) is -3.67. The maximum Gasteiger partial charge on any atom is 0.573 e. The number of hydrogen-bond donors (Lipinski definition) is 0. The molecule has 4 rings (SSSR count). The lowest BCUT2D eigenvalue weighted by molar-refractivity contribution is -0.274. The molecule has 8 heteroatoms. The molecule has 0 unspecified atom stereocenters. The Morgan fingerprint density at radius 2 is 1.42 bits per heavy atom. The Kier molecular flexibility index (Phi) is 7.54. The first-order valence-electron chi connectivity index (χ1n) is 11.2. The highest BCUT2D eigenvalue weighted by Gasteiger charge is 2.30. The van der Waals surface area contributed by atoms with E-state index in [2.05, 4.69) is 4.74 Å². The Labute approximate surface area is 204 Å². The summed E-state index contributed by atoms with van der Waals surface area (Å²) in [6.45, 7) is 0.341. The standard InChI is InChI=1S/C28H22F6O2/c1-35-13-12-18-14-24(29)26(25(30)15-18)21-8-11-23-20(16-21)7-6-19(27(23)31)5-2-17-3-9-22(10-4-17)36-28(32,33)34/h3-4,6-11,14-16H,2,5,12-13H2,1H3. The highest BCUT2D eigenvalue weighted by Crippen LogP contribution is 2.32. The fraction of sp³-hybridized carbons (Fsp3) is 0.214. The van der Waals surface area contributed by atoms with Gasteiger partial charge in [-0.1, -0.05) is 36.4 Å². The summed E-state index contributed by atoms with van der Waals surface area (Å²) in [6, 6.07) is 15.7. The van der Waals surface area contributed by atoms with E-state index in [0.29, 0.717) is 53.3 Å². The molecule has 4 aromatic carbocycles. The van der Waals surface area contributed by atoms with Crippen LogP contribution in [0.15, 0.2) is 66.7 Å². The largest absolute Gasteiger partial charge is 0.573 e. The monoisotopic (exact) mass is 504 g/mol. The maximum atomic E-state index is 15.2. The number of ether oxygens (including phenoxy) is 2. The van der Waals surface area contributed by atoms with Crippen molar-refractivity contribution >= 4 is 10.8 Å². The Balaban J connectivity index is 1.53. The van der Waals surface area contributed by atoms with Crippen molar-refractivity contribution < 1.29 is 35.8 Å². The lowest BCUT2D eigenvalue weighted by atomic mass is 9.96. The van der Waals surface area contributed by atoms with E-state index in [0.717, 1.165) is 5.56 Å². The van der Waals surface area contributed by atoms with Crippen LogP contribution in [0.1, 0.15) is 16.7 Å². The first-order chi connectivity index (χ1) is 17.1. The molecule has 0 aliphatic carbocycles. The van der Waals surface area contributed by atoms with Crippen molar-refractivity contribution in [3.8, 4) is 16.9 Å². The number of fused-ring (bicyclic) bond motifs is 1. The van der Waals surface area contributed by atoms with Crippen LogP contribution in [0.3, 0.4) is 0 Å². The van der Waals surface area contributed by atoms with E-state index in [-0.39, 0.29) is 11.3 Å². The van der Waals surface area contributed by atoms with Crippen LogP contribution in [-0.2, 0) is 24.0 Å². The molecule has 0 aliphatic rings. The van der Waals surface area contributed by atoms with Gasteiger partial charge in [-0.05, 0) is 77.2 Å². The Morgan fingerprint density at radius 3 is 2.06 bits per heavy atom. The predicted molar refractivity (Wildman–Crippen MR) is 125 cm³/mol. The first kappa shape index (κ1) is 25.6. The van der Waals surface area contributed by atoms with Crippen molar-refractivity contribution in [3.05, 3.63) is 101 Å². The van der Waals surface area contributed by atoms with Gasteiger partial charge in [0.15, 0.2) is 0 Å². The smallest absolute Gasteiger partial charge is 0.406 e. The molecule has 0 amide bonds. The second-order valence-corrected chi connectivity index (χ2v) is 8.34. The van der Waals surface area contributed by atoms with Crippen LogP contribution in [0.4, 0.5) is 26.3 Å². The van der Waals surface area contributed by atoms with Crippen LogP contribution in [-0.4, -0.2) is 20.1 Å². The Hall–Kier alpha value is -3.52. The van der Waals surface area contributed by atoms with E-state index >= 15 is 4.39 Å². The summed E-state index contributed by atoms with van der Waals surface area (Å²) in [4.78, 5) is 0. The number of methoxy groups -OCH3 is 1. The SMILES string of the molecule is COCCc1cc(F)c(-c2ccc3c(F)c(CCc4ccc(OC(F)(F)F)cc4)ccc3c2)c(F)c1. The molecule has 0 bridgehead atoms. The molecule has 0 saturated heterocycles. The minimum absolute atomic E-state index is 0.180. The van der Waals surface area contributed by atoms with E-state index in [4.69, 9.17) is 4.74 Å². The molecule has 0 aromatic heterocycles. The molecule has 0 aliphatic heterocycles. The zero-order valence-electron chi connectivity index (χ0n) is 19.3. The van der Waals surface area contributed by atoms with Crippen molar-refractivity contribution in [2.45, 2.75) is 25.6 Å². The molecule has 0 radical (unpaired) electrons. The van der Waals surface area contributed by atoms with Crippen LogP contribution >= 0.6 is 0 Å². The summed E-state index contributed by atoms with van der Waals surface area (Å²) < 4.78 is 90.3. The Bertz CT molecular complexity index is 1340. The van der Waals surface area contributed by atoms with Crippen molar-refractivity contribution in [1.29, 1.82) is 0 Å². The molecule has 0 heterocycles. The highest BCUT2D eigenvalue weighted by atomic mass is 19.4. The zero-order valence-corrected chi connectivity index (χ0v) is 19.3. The molecule has 0 atom stereocenters. The van der Waals surface area contributed by atoms with Crippen LogP contribution in [0.2, 0.25) is 0 Å². The van der Waals surface area contributed by atoms with Crippen LogP contribution in [0, 0.1) is 17.5 Å². The van der Waals surface area contributed by atoms with Crippen LogP contribution < -0.4 is 4.74 Å². The number of alkyl halides is 3. The van der Waals surface area contributed by atoms with Gasteiger partial charge >= 0.3 is 6.36 Å². The topological polar surface area (TPSA) is 18.5 Å². The second-order valence-electron chi connectivity index (χ2n) is 8.34. The number of hydrogen-bond acceptors (Lipinski definition) is 2. The maximum absolute atomic E-state index is 15.2. The van der Waals surface area contributed by atoms with Crippen molar-refractivity contribution in [2.24, 2.45) is 0 Å². The molecule has 0 spiro atoms. The fourth-order valence-corrected chi connectivity index (χ4v) is 4.09. The quantitative estimate of drug-likeness (QED) is 0.228. The molecule has 0 N–H and O–H groups in total. The van der Waals surface area contributed by atoms with Gasteiger partial charge in [-0.2, -0.15) is 0 Å². The number of halogens is 6. The van der Waals surface area contributed by atoms with Gasteiger partial charge in [-0.15, -0.1) is 13.2 Å². The molecule has 4 aromatic rings. The summed E-state index contributed by atoms with van der Waals surface area (Å²) >= 11 is 0. The average Bonchev–Trinajstić information content (AvgIpc) is 2.82. The van der Waals surface area contributed by atoms with E-state index in [1.807, 2.05) is 0 Å². The lowest BCUT2D eigenvalue weighted by Crippen LogP contribution is -2.17. The zero-order chi connectivity index (χ0) is 25.9. The molecular weight excluding hydrogens is 482 g/mol. The van der Waals surface area contributed by atoms with Gasteiger partial charge in [0.05, 0.1) is 12.2 Å². The third kappa shape index (κ3) is 5.99. The average molecular weight is 504 g/mol. The van der Waals surface area contributed by atoms with Gasteiger partial charge < -0.3 is 9.47 Å². The van der Waals surface area contributed by atoms with Gasteiger partial charge in [-0.3, -0.25) is 0 Å². The number of aryl methyl sites for hydroxylation is 2. The molecule has 0 fully saturated rings. The van der Waals surface area contributed by atoms with Gasteiger partial charge in [0.2, 0.25) is 0 Å². The normalized spacial score (nSPS) is 11.8. The molecular formula is C28H22F6O2. The number of benzene rings is 4. The van der Waals surface area contributed by atoms with Crippen molar-refractivity contribution in [3.63, 3.8) is 0 Å². The van der Waals surface area contributed by atoms with E-state index in [1.54, 1.807) is 12.1 Å². The molecule has 188 valence electrons. The fourth-order valence-electron chi connectivity index (χ4n) is 4.09. The van der Waals surface area contributed by atoms with Crippen LogP contribution in [0.25, 0.3) is 21.9 Å². The highest BCUT2D eigenvalue weighted by molar-refractivity contribution is 5.88. The van der Waals surface area contributed by atoms with Gasteiger partial charge in [0.1, 0.15) is 23.2 Å². The molecule has 36 heavy (non-hydrogen) atoms. The second kappa shape index (κ2) is 10.6. The third-order valence-electron chi connectivity index (χ3n) is 5.86. The van der Waals surface area contributed by atoms with E-state index < -0.39 is 23.8 Å². The first-order valence-corrected chi connectivity index (χ1v) is 11.2. The predicted octanol–water partition coefficient (Wildman–Crippen LogP) is 7.80. The van der Waals surface area contributed by atoms with Crippen LogP contribution in [0.5, 0.6) is 5.75 Å². The third-order valence-corrected chi connectivity index (χ3v) is 5.86. The van der Waals surface area contributed by atoms with Gasteiger partial charge in [0, 0.05) is 12.5 Å². The minimum atomic E-state index is -4.76. The van der Waals surface area contributed by atoms with Gasteiger partial charge in [-0.25, -0.2) is 13.2 Å². The summed E-state index contributed by atoms with van der Waals surface area (Å²) in [5.74, 6) is -2.18. The van der Waals surface area contributed by atoms with E-state index in [9.17, 15) is 22.0 Å².